The lowest BCUT2D eigenvalue weighted by Gasteiger charge is -2.39. The number of likely N-dealkylation sites (N-methyl/N-ethyl adjacent to an activating group) is 1. The zero-order chi connectivity index (χ0) is 14.5. The second-order valence-electron chi connectivity index (χ2n) is 5.54. The van der Waals surface area contributed by atoms with Crippen LogP contribution in [0.2, 0.25) is 0 Å². The molecule has 1 saturated carbocycles. The van der Waals surface area contributed by atoms with Crippen LogP contribution in [0.3, 0.4) is 0 Å². The molecule has 0 saturated heterocycles. The van der Waals surface area contributed by atoms with Gasteiger partial charge in [-0.3, -0.25) is 4.90 Å². The molecule has 0 radical (unpaired) electrons. The molecule has 4 heteroatoms. The van der Waals surface area contributed by atoms with Crippen LogP contribution in [0, 0.1) is 5.82 Å². The third-order valence-electron chi connectivity index (χ3n) is 4.35. The van der Waals surface area contributed by atoms with E-state index in [0.717, 1.165) is 16.6 Å². The molecule has 1 fully saturated rings. The number of hydrogen-bond acceptors (Lipinski definition) is 2. The molecule has 2 rings (SSSR count). The average molecular weight is 343 g/mol. The van der Waals surface area contributed by atoms with E-state index in [1.807, 2.05) is 0 Å². The van der Waals surface area contributed by atoms with Gasteiger partial charge in [0, 0.05) is 23.1 Å². The van der Waals surface area contributed by atoms with Gasteiger partial charge in [0.15, 0.2) is 0 Å². The standard InChI is InChI=1S/C16H24BrFN2/c1-2-20(13-6-4-3-5-7-13)16(11-19)14-10-12(18)8-9-15(14)17/h8-10,13,16H,2-7,11,19H2,1H3. The Morgan fingerprint density at radius 3 is 2.65 bits per heavy atom. The SMILES string of the molecule is CCN(C1CCCCC1)C(CN)c1cc(F)ccc1Br. The van der Waals surface area contributed by atoms with E-state index in [-0.39, 0.29) is 11.9 Å². The molecule has 1 atom stereocenters. The summed E-state index contributed by atoms with van der Waals surface area (Å²) >= 11 is 3.54. The van der Waals surface area contributed by atoms with Crippen molar-refractivity contribution in [2.75, 3.05) is 13.1 Å². The third kappa shape index (κ3) is 3.60. The zero-order valence-corrected chi connectivity index (χ0v) is 13.7. The molecular weight excluding hydrogens is 319 g/mol. The van der Waals surface area contributed by atoms with Crippen molar-refractivity contribution in [3.63, 3.8) is 0 Å². The molecule has 20 heavy (non-hydrogen) atoms. The molecule has 0 amide bonds. The number of rotatable bonds is 5. The normalized spacial score (nSPS) is 18.4. The Morgan fingerprint density at radius 2 is 2.05 bits per heavy atom. The fraction of sp³-hybridized carbons (Fsp3) is 0.625. The molecule has 112 valence electrons. The Balaban J connectivity index is 2.26. The van der Waals surface area contributed by atoms with Gasteiger partial charge in [0.2, 0.25) is 0 Å². The van der Waals surface area contributed by atoms with Gasteiger partial charge in [-0.2, -0.15) is 0 Å². The highest BCUT2D eigenvalue weighted by Crippen LogP contribution is 2.33. The molecule has 0 bridgehead atoms. The van der Waals surface area contributed by atoms with Gasteiger partial charge >= 0.3 is 0 Å². The van der Waals surface area contributed by atoms with Crippen LogP contribution in [-0.2, 0) is 0 Å². The summed E-state index contributed by atoms with van der Waals surface area (Å²) in [5, 5.41) is 0. The minimum Gasteiger partial charge on any atom is -0.329 e. The summed E-state index contributed by atoms with van der Waals surface area (Å²) in [7, 11) is 0. The lowest BCUT2D eigenvalue weighted by molar-refractivity contribution is 0.113. The van der Waals surface area contributed by atoms with Crippen molar-refractivity contribution < 1.29 is 4.39 Å². The van der Waals surface area contributed by atoms with Gasteiger partial charge in [-0.1, -0.05) is 42.1 Å². The molecule has 0 aliphatic heterocycles. The highest BCUT2D eigenvalue weighted by Gasteiger charge is 2.28. The monoisotopic (exact) mass is 342 g/mol. The van der Waals surface area contributed by atoms with Crippen LogP contribution >= 0.6 is 15.9 Å². The summed E-state index contributed by atoms with van der Waals surface area (Å²) in [6, 6.07) is 5.55. The van der Waals surface area contributed by atoms with Gasteiger partial charge in [-0.05, 0) is 43.1 Å². The van der Waals surface area contributed by atoms with Gasteiger partial charge in [0.1, 0.15) is 5.82 Å². The van der Waals surface area contributed by atoms with Gasteiger partial charge < -0.3 is 5.73 Å². The molecule has 1 aromatic carbocycles. The molecule has 1 unspecified atom stereocenters. The first-order valence-corrected chi connectivity index (χ1v) is 8.37. The summed E-state index contributed by atoms with van der Waals surface area (Å²) in [5.41, 5.74) is 6.99. The highest BCUT2D eigenvalue weighted by molar-refractivity contribution is 9.10. The van der Waals surface area contributed by atoms with Crippen LogP contribution in [0.1, 0.15) is 50.6 Å². The molecule has 2 nitrogen and oxygen atoms in total. The maximum atomic E-state index is 13.6. The molecule has 2 N–H and O–H groups in total. The Kier molecular flexibility index (Phi) is 6.00. The van der Waals surface area contributed by atoms with Gasteiger partial charge in [-0.25, -0.2) is 4.39 Å². The maximum Gasteiger partial charge on any atom is 0.123 e. The molecule has 0 heterocycles. The number of hydrogen-bond donors (Lipinski definition) is 1. The smallest absolute Gasteiger partial charge is 0.123 e. The van der Waals surface area contributed by atoms with Gasteiger partial charge in [0.05, 0.1) is 0 Å². The topological polar surface area (TPSA) is 29.3 Å². The van der Waals surface area contributed by atoms with Crippen molar-refractivity contribution in [3.05, 3.63) is 34.1 Å². The van der Waals surface area contributed by atoms with E-state index in [2.05, 4.69) is 27.8 Å². The predicted molar refractivity (Wildman–Crippen MR) is 85.1 cm³/mol. The van der Waals surface area contributed by atoms with Crippen molar-refractivity contribution in [2.45, 2.75) is 51.1 Å². The lowest BCUT2D eigenvalue weighted by Crippen LogP contribution is -2.42. The quantitative estimate of drug-likeness (QED) is 0.866. The van der Waals surface area contributed by atoms with E-state index in [1.165, 1.54) is 38.2 Å². The summed E-state index contributed by atoms with van der Waals surface area (Å²) < 4.78 is 14.5. The maximum absolute atomic E-state index is 13.6. The molecule has 0 aromatic heterocycles. The Bertz CT molecular complexity index is 432. The Hall–Kier alpha value is -0.450. The largest absolute Gasteiger partial charge is 0.329 e. The minimum atomic E-state index is -0.193. The Morgan fingerprint density at radius 1 is 1.35 bits per heavy atom. The first-order chi connectivity index (χ1) is 9.67. The summed E-state index contributed by atoms with van der Waals surface area (Å²) in [4.78, 5) is 2.46. The average Bonchev–Trinajstić information content (AvgIpc) is 2.48. The molecule has 0 spiro atoms. The van der Waals surface area contributed by atoms with Crippen LogP contribution in [0.25, 0.3) is 0 Å². The molecule has 1 aromatic rings. The predicted octanol–water partition coefficient (Wildman–Crippen LogP) is 4.24. The molecular formula is C16H24BrFN2. The van der Waals surface area contributed by atoms with E-state index >= 15 is 0 Å². The zero-order valence-electron chi connectivity index (χ0n) is 12.1. The third-order valence-corrected chi connectivity index (χ3v) is 5.07. The van der Waals surface area contributed by atoms with Crippen LogP contribution in [-0.4, -0.2) is 24.0 Å². The number of nitrogens with two attached hydrogens (primary N) is 1. The first kappa shape index (κ1) is 15.9. The number of benzene rings is 1. The van der Waals surface area contributed by atoms with E-state index in [4.69, 9.17) is 5.73 Å². The Labute approximate surface area is 129 Å². The fourth-order valence-corrected chi connectivity index (χ4v) is 3.87. The van der Waals surface area contributed by atoms with Crippen molar-refractivity contribution in [1.82, 2.24) is 4.90 Å². The number of halogens is 2. The van der Waals surface area contributed by atoms with Crippen molar-refractivity contribution in [2.24, 2.45) is 5.73 Å². The van der Waals surface area contributed by atoms with Gasteiger partial charge in [0.25, 0.3) is 0 Å². The fourth-order valence-electron chi connectivity index (χ4n) is 3.36. The first-order valence-electron chi connectivity index (χ1n) is 7.58. The van der Waals surface area contributed by atoms with E-state index in [9.17, 15) is 4.39 Å². The summed E-state index contributed by atoms with van der Waals surface area (Å²) in [6.07, 6.45) is 6.39. The second-order valence-corrected chi connectivity index (χ2v) is 6.39. The summed E-state index contributed by atoms with van der Waals surface area (Å²) in [5.74, 6) is -0.193. The van der Waals surface area contributed by atoms with E-state index < -0.39 is 0 Å². The van der Waals surface area contributed by atoms with E-state index in [1.54, 1.807) is 12.1 Å². The van der Waals surface area contributed by atoms with Crippen LogP contribution < -0.4 is 5.73 Å². The minimum absolute atomic E-state index is 0.0909. The lowest BCUT2D eigenvalue weighted by atomic mass is 9.92. The molecule has 1 aliphatic carbocycles. The number of nitrogens with zero attached hydrogens (tertiary/aromatic N) is 1. The summed E-state index contributed by atoms with van der Waals surface area (Å²) in [6.45, 7) is 3.65. The molecule has 1 aliphatic rings. The van der Waals surface area contributed by atoms with Gasteiger partial charge in [-0.15, -0.1) is 0 Å². The van der Waals surface area contributed by atoms with Crippen molar-refractivity contribution in [1.29, 1.82) is 0 Å². The van der Waals surface area contributed by atoms with E-state index in [0.29, 0.717) is 12.6 Å². The van der Waals surface area contributed by atoms with Crippen LogP contribution in [0.5, 0.6) is 0 Å². The second kappa shape index (κ2) is 7.53. The van der Waals surface area contributed by atoms with Crippen molar-refractivity contribution >= 4 is 15.9 Å². The highest BCUT2D eigenvalue weighted by atomic mass is 79.9. The van der Waals surface area contributed by atoms with Crippen molar-refractivity contribution in [3.8, 4) is 0 Å². The van der Waals surface area contributed by atoms with Crippen LogP contribution in [0.4, 0.5) is 4.39 Å². The van der Waals surface area contributed by atoms with Crippen LogP contribution in [0.15, 0.2) is 22.7 Å².